The van der Waals surface area contributed by atoms with Gasteiger partial charge in [-0.3, -0.25) is 9.59 Å². The summed E-state index contributed by atoms with van der Waals surface area (Å²) in [6, 6.07) is 10.2. The van der Waals surface area contributed by atoms with Crippen molar-refractivity contribution in [3.05, 3.63) is 86.2 Å². The van der Waals surface area contributed by atoms with Crippen LogP contribution in [0.5, 0.6) is 0 Å². The second-order valence-electron chi connectivity index (χ2n) is 6.52. The number of fused-ring (bicyclic) bond motifs is 1. The van der Waals surface area contributed by atoms with Crippen molar-refractivity contribution >= 4 is 35.1 Å². The molecule has 4 rings (SSSR count). The molecule has 2 N–H and O–H groups in total. The Hall–Kier alpha value is -2.71. The topological polar surface area (TPSA) is 74.8 Å². The quantitative estimate of drug-likeness (QED) is 0.470. The van der Waals surface area contributed by atoms with E-state index >= 15 is 0 Å². The Kier molecular flexibility index (Phi) is 5.38. The third-order valence-corrected chi connectivity index (χ3v) is 5.71. The third kappa shape index (κ3) is 4.18. The molecule has 3 aromatic rings. The van der Waals surface area contributed by atoms with Gasteiger partial charge in [-0.2, -0.15) is 0 Å². The van der Waals surface area contributed by atoms with Gasteiger partial charge in [-0.25, -0.2) is 13.8 Å². The molecule has 0 saturated heterocycles. The molecule has 0 bridgehead atoms. The van der Waals surface area contributed by atoms with Gasteiger partial charge in [0.1, 0.15) is 17.5 Å². The van der Waals surface area contributed by atoms with E-state index in [9.17, 15) is 18.4 Å². The van der Waals surface area contributed by atoms with Gasteiger partial charge < -0.3 is 10.3 Å². The number of hydrogen-bond donors (Lipinski definition) is 2. The van der Waals surface area contributed by atoms with Gasteiger partial charge in [0.2, 0.25) is 5.91 Å². The van der Waals surface area contributed by atoms with E-state index in [4.69, 9.17) is 11.6 Å². The summed E-state index contributed by atoms with van der Waals surface area (Å²) in [5.74, 6) is -2.11. The predicted molar refractivity (Wildman–Crippen MR) is 107 cm³/mol. The van der Waals surface area contributed by atoms with E-state index in [0.29, 0.717) is 15.9 Å². The largest absolute Gasteiger partial charge is 0.310 e. The number of rotatable bonds is 4. The van der Waals surface area contributed by atoms with Gasteiger partial charge in [0.15, 0.2) is 5.16 Å². The van der Waals surface area contributed by atoms with Gasteiger partial charge >= 0.3 is 0 Å². The molecule has 5 nitrogen and oxygen atoms in total. The first-order chi connectivity index (χ1) is 13.9. The molecule has 0 unspecified atom stereocenters. The van der Waals surface area contributed by atoms with E-state index in [1.54, 1.807) is 12.1 Å². The molecule has 9 heteroatoms. The smallest absolute Gasteiger partial charge is 0.257 e. The Bertz CT molecular complexity index is 1170. The fourth-order valence-electron chi connectivity index (χ4n) is 3.24. The van der Waals surface area contributed by atoms with E-state index in [0.717, 1.165) is 23.8 Å². The molecule has 0 aliphatic carbocycles. The Morgan fingerprint density at radius 3 is 2.79 bits per heavy atom. The standard InChI is InChI=1S/C20H14ClF2N3O2S/c21-11-3-1-2-10(6-11)9-29-20-25-18-17(19(28)26-20)14(8-16(27)24-18)13-7-12(22)4-5-15(13)23/h1-7,14H,8-9H2,(H2,24,25,26,27,28)/t14-/m1/s1. The maximum Gasteiger partial charge on any atom is 0.257 e. The number of aromatic amines is 1. The van der Waals surface area contributed by atoms with Crippen LogP contribution in [0.2, 0.25) is 5.02 Å². The van der Waals surface area contributed by atoms with Gasteiger partial charge in [-0.15, -0.1) is 0 Å². The number of H-pyrrole nitrogens is 1. The van der Waals surface area contributed by atoms with Crippen molar-refractivity contribution in [1.29, 1.82) is 0 Å². The van der Waals surface area contributed by atoms with Crippen LogP contribution in [0.1, 0.15) is 29.0 Å². The minimum atomic E-state index is -0.919. The second kappa shape index (κ2) is 7.96. The number of aromatic nitrogens is 2. The third-order valence-electron chi connectivity index (χ3n) is 4.53. The molecule has 148 valence electrons. The molecular weight excluding hydrogens is 420 g/mol. The SMILES string of the molecule is O=C1C[C@H](c2cc(F)ccc2F)c2c(nc(SCc3cccc(Cl)c3)[nH]c2=O)N1. The van der Waals surface area contributed by atoms with Gasteiger partial charge in [0.25, 0.3) is 5.56 Å². The first-order valence-electron chi connectivity index (χ1n) is 8.67. The second-order valence-corrected chi connectivity index (χ2v) is 7.92. The average Bonchev–Trinajstić information content (AvgIpc) is 2.67. The van der Waals surface area contributed by atoms with E-state index in [2.05, 4.69) is 15.3 Å². The molecule has 2 heterocycles. The van der Waals surface area contributed by atoms with Crippen LogP contribution in [0.4, 0.5) is 14.6 Å². The summed E-state index contributed by atoms with van der Waals surface area (Å²) in [6.07, 6.45) is -0.173. The average molecular weight is 434 g/mol. The Balaban J connectivity index is 1.69. The summed E-state index contributed by atoms with van der Waals surface area (Å²) in [5.41, 5.74) is 0.498. The fraction of sp³-hybridized carbons (Fsp3) is 0.150. The van der Waals surface area contributed by atoms with Crippen LogP contribution in [-0.2, 0) is 10.5 Å². The van der Waals surface area contributed by atoms with Crippen LogP contribution in [-0.4, -0.2) is 15.9 Å². The van der Waals surface area contributed by atoms with E-state index in [-0.39, 0.29) is 23.4 Å². The normalized spacial score (nSPS) is 15.7. The van der Waals surface area contributed by atoms with Crippen molar-refractivity contribution < 1.29 is 13.6 Å². The van der Waals surface area contributed by atoms with Crippen LogP contribution < -0.4 is 10.9 Å². The highest BCUT2D eigenvalue weighted by molar-refractivity contribution is 7.98. The zero-order valence-electron chi connectivity index (χ0n) is 14.8. The molecule has 1 aromatic heterocycles. The summed E-state index contributed by atoms with van der Waals surface area (Å²) < 4.78 is 27.9. The number of nitrogens with one attached hydrogen (secondary N) is 2. The molecule has 1 aliphatic rings. The number of halogens is 3. The Morgan fingerprint density at radius 2 is 2.00 bits per heavy atom. The number of thioether (sulfide) groups is 1. The molecule has 0 spiro atoms. The summed E-state index contributed by atoms with van der Waals surface area (Å²) in [7, 11) is 0. The lowest BCUT2D eigenvalue weighted by Gasteiger charge is -2.24. The minimum absolute atomic E-state index is 0.0484. The maximum atomic E-state index is 14.3. The van der Waals surface area contributed by atoms with E-state index < -0.39 is 29.0 Å². The highest BCUT2D eigenvalue weighted by Gasteiger charge is 2.32. The van der Waals surface area contributed by atoms with Crippen LogP contribution in [0, 0.1) is 11.6 Å². The van der Waals surface area contributed by atoms with Crippen molar-refractivity contribution in [3.8, 4) is 0 Å². The summed E-state index contributed by atoms with van der Waals surface area (Å²) in [6.45, 7) is 0. The minimum Gasteiger partial charge on any atom is -0.310 e. The lowest BCUT2D eigenvalue weighted by molar-refractivity contribution is -0.116. The predicted octanol–water partition coefficient (Wildman–Crippen LogP) is 4.47. The van der Waals surface area contributed by atoms with Gasteiger partial charge in [-0.1, -0.05) is 35.5 Å². The highest BCUT2D eigenvalue weighted by Crippen LogP contribution is 2.36. The van der Waals surface area contributed by atoms with Gasteiger partial charge in [-0.05, 0) is 41.5 Å². The number of carbonyl (C=O) groups is 1. The Labute approximate surface area is 173 Å². The summed E-state index contributed by atoms with van der Waals surface area (Å²) >= 11 is 7.24. The zero-order valence-corrected chi connectivity index (χ0v) is 16.4. The van der Waals surface area contributed by atoms with Crippen LogP contribution in [0.25, 0.3) is 0 Å². The molecule has 0 radical (unpaired) electrons. The highest BCUT2D eigenvalue weighted by atomic mass is 35.5. The van der Waals surface area contributed by atoms with Crippen LogP contribution >= 0.6 is 23.4 Å². The van der Waals surface area contributed by atoms with Crippen molar-refractivity contribution in [3.63, 3.8) is 0 Å². The van der Waals surface area contributed by atoms with Crippen LogP contribution in [0.3, 0.4) is 0 Å². The number of hydrogen-bond acceptors (Lipinski definition) is 4. The molecule has 2 aromatic carbocycles. The number of benzene rings is 2. The number of anilines is 1. The molecule has 1 aliphatic heterocycles. The summed E-state index contributed by atoms with van der Waals surface area (Å²) in [5, 5.41) is 3.46. The number of carbonyl (C=O) groups excluding carboxylic acids is 1. The molecule has 1 amide bonds. The van der Waals surface area contributed by atoms with Gasteiger partial charge in [0.05, 0.1) is 5.56 Å². The first kappa shape index (κ1) is 19.6. The van der Waals surface area contributed by atoms with E-state index in [1.807, 2.05) is 12.1 Å². The monoisotopic (exact) mass is 433 g/mol. The first-order valence-corrected chi connectivity index (χ1v) is 10.0. The number of nitrogens with zero attached hydrogens (tertiary/aromatic N) is 1. The molecular formula is C20H14ClF2N3O2S. The maximum absolute atomic E-state index is 14.3. The van der Waals surface area contributed by atoms with Crippen LogP contribution in [0.15, 0.2) is 52.4 Å². The van der Waals surface area contributed by atoms with Crippen molar-refractivity contribution in [2.75, 3.05) is 5.32 Å². The number of amides is 1. The lowest BCUT2D eigenvalue weighted by Crippen LogP contribution is -2.31. The van der Waals surface area contributed by atoms with Crippen molar-refractivity contribution in [2.24, 2.45) is 0 Å². The van der Waals surface area contributed by atoms with Crippen molar-refractivity contribution in [2.45, 2.75) is 23.2 Å². The Morgan fingerprint density at radius 1 is 1.17 bits per heavy atom. The fourth-order valence-corrected chi connectivity index (χ4v) is 4.26. The van der Waals surface area contributed by atoms with Gasteiger partial charge in [0, 0.05) is 23.1 Å². The zero-order chi connectivity index (χ0) is 20.5. The van der Waals surface area contributed by atoms with E-state index in [1.165, 1.54) is 11.8 Å². The lowest BCUT2D eigenvalue weighted by atomic mass is 9.86. The molecule has 0 fully saturated rings. The molecule has 29 heavy (non-hydrogen) atoms. The summed E-state index contributed by atoms with van der Waals surface area (Å²) in [4.78, 5) is 31.9. The van der Waals surface area contributed by atoms with Crippen molar-refractivity contribution in [1.82, 2.24) is 9.97 Å². The molecule has 0 saturated carbocycles. The molecule has 1 atom stereocenters.